The van der Waals surface area contributed by atoms with Gasteiger partial charge >= 0.3 is 0 Å². The molecule has 1 N–H and O–H groups in total. The second kappa shape index (κ2) is 11.0. The molecule has 0 atom stereocenters. The van der Waals surface area contributed by atoms with Crippen molar-refractivity contribution in [3.63, 3.8) is 0 Å². The molecule has 166 valence electrons. The third kappa shape index (κ3) is 6.34. The molecule has 1 aromatic carbocycles. The zero-order valence-corrected chi connectivity index (χ0v) is 18.2. The molecule has 0 spiro atoms. The summed E-state index contributed by atoms with van der Waals surface area (Å²) < 4.78 is 32.2. The number of amides is 2. The molecule has 1 saturated heterocycles. The Morgan fingerprint density at radius 3 is 2.17 bits per heavy atom. The third-order valence-corrected chi connectivity index (χ3v) is 6.97. The first kappa shape index (κ1) is 22.9. The highest BCUT2D eigenvalue weighted by molar-refractivity contribution is 7.89. The molecule has 0 unspecified atom stereocenters. The number of nitrogens with one attached hydrogen (secondary N) is 1. The fraction of sp³-hybridized carbons (Fsp3) is 0.619. The smallest absolute Gasteiger partial charge is 0.261 e. The summed E-state index contributed by atoms with van der Waals surface area (Å²) in [6.07, 6.45) is 3.57. The van der Waals surface area contributed by atoms with E-state index in [1.165, 1.54) is 4.90 Å². The number of carbonyl (C=O) groups is 2. The van der Waals surface area contributed by atoms with Gasteiger partial charge in [-0.1, -0.05) is 25.0 Å². The molecule has 2 aliphatic heterocycles. The fourth-order valence-corrected chi connectivity index (χ4v) is 4.97. The van der Waals surface area contributed by atoms with E-state index in [0.717, 1.165) is 52.1 Å². The number of hydrogen-bond donors (Lipinski definition) is 1. The summed E-state index contributed by atoms with van der Waals surface area (Å²) in [5, 5.41) is 0. The van der Waals surface area contributed by atoms with E-state index in [4.69, 9.17) is 4.74 Å². The van der Waals surface area contributed by atoms with Crippen LogP contribution in [0.4, 0.5) is 0 Å². The van der Waals surface area contributed by atoms with Crippen LogP contribution in [-0.2, 0) is 14.8 Å². The summed E-state index contributed by atoms with van der Waals surface area (Å²) in [4.78, 5) is 28.2. The van der Waals surface area contributed by atoms with Crippen molar-refractivity contribution in [1.29, 1.82) is 0 Å². The van der Waals surface area contributed by atoms with E-state index in [0.29, 0.717) is 37.1 Å². The highest BCUT2D eigenvalue weighted by Gasteiger charge is 2.34. The molecular weight excluding hydrogens is 406 g/mol. The monoisotopic (exact) mass is 437 g/mol. The zero-order chi connectivity index (χ0) is 21.4. The molecule has 3 rings (SSSR count). The number of nitrogens with zero attached hydrogens (tertiary/aromatic N) is 2. The normalized spacial score (nSPS) is 17.5. The van der Waals surface area contributed by atoms with Crippen molar-refractivity contribution >= 4 is 21.8 Å². The Bertz CT molecular complexity index is 802. The number of morpholine rings is 1. The second-order valence-electron chi connectivity index (χ2n) is 7.74. The van der Waals surface area contributed by atoms with Gasteiger partial charge in [0.25, 0.3) is 11.8 Å². The Hall–Kier alpha value is -1.81. The Morgan fingerprint density at radius 2 is 1.50 bits per heavy atom. The summed E-state index contributed by atoms with van der Waals surface area (Å²) in [5.74, 6) is -0.365. The maximum atomic E-state index is 12.3. The van der Waals surface area contributed by atoms with Crippen LogP contribution < -0.4 is 4.72 Å². The maximum absolute atomic E-state index is 12.3. The van der Waals surface area contributed by atoms with E-state index in [2.05, 4.69) is 9.62 Å². The molecule has 2 amide bonds. The van der Waals surface area contributed by atoms with Gasteiger partial charge in [0.05, 0.1) is 30.1 Å². The first-order valence-corrected chi connectivity index (χ1v) is 12.4. The van der Waals surface area contributed by atoms with Crippen molar-refractivity contribution < 1.29 is 22.7 Å². The summed E-state index contributed by atoms with van der Waals surface area (Å²) in [7, 11) is -3.25. The topological polar surface area (TPSA) is 96.0 Å². The summed E-state index contributed by atoms with van der Waals surface area (Å²) in [6, 6.07) is 6.86. The van der Waals surface area contributed by atoms with Crippen LogP contribution in [0, 0.1) is 0 Å². The second-order valence-corrected chi connectivity index (χ2v) is 9.67. The van der Waals surface area contributed by atoms with Crippen molar-refractivity contribution in [3.8, 4) is 0 Å². The number of sulfonamides is 1. The predicted molar refractivity (Wildman–Crippen MR) is 114 cm³/mol. The number of fused-ring (bicyclic) bond motifs is 1. The first-order chi connectivity index (χ1) is 14.5. The molecule has 0 aliphatic carbocycles. The number of ether oxygens (including phenoxy) is 1. The van der Waals surface area contributed by atoms with Crippen LogP contribution in [0.25, 0.3) is 0 Å². The van der Waals surface area contributed by atoms with Crippen molar-refractivity contribution in [2.45, 2.75) is 32.1 Å². The first-order valence-electron chi connectivity index (χ1n) is 10.7. The van der Waals surface area contributed by atoms with E-state index in [9.17, 15) is 18.0 Å². The lowest BCUT2D eigenvalue weighted by Gasteiger charge is -2.26. The molecule has 0 aromatic heterocycles. The Kier molecular flexibility index (Phi) is 8.38. The van der Waals surface area contributed by atoms with Gasteiger partial charge in [-0.25, -0.2) is 13.1 Å². The number of carbonyl (C=O) groups excluding carboxylic acids is 2. The maximum Gasteiger partial charge on any atom is 0.261 e. The summed E-state index contributed by atoms with van der Waals surface area (Å²) in [6.45, 7) is 5.03. The van der Waals surface area contributed by atoms with Crippen LogP contribution in [0.15, 0.2) is 24.3 Å². The van der Waals surface area contributed by atoms with Crippen molar-refractivity contribution in [3.05, 3.63) is 35.4 Å². The van der Waals surface area contributed by atoms with Crippen LogP contribution in [0.1, 0.15) is 52.8 Å². The minimum Gasteiger partial charge on any atom is -0.379 e. The van der Waals surface area contributed by atoms with Crippen molar-refractivity contribution in [1.82, 2.24) is 14.5 Å². The van der Waals surface area contributed by atoms with Gasteiger partial charge in [0, 0.05) is 26.2 Å². The molecule has 8 nitrogen and oxygen atoms in total. The van der Waals surface area contributed by atoms with E-state index in [-0.39, 0.29) is 17.6 Å². The summed E-state index contributed by atoms with van der Waals surface area (Å²) in [5.41, 5.74) is 0.932. The lowest BCUT2D eigenvalue weighted by molar-refractivity contribution is 0.0376. The van der Waals surface area contributed by atoms with Crippen molar-refractivity contribution in [2.75, 3.05) is 51.7 Å². The Balaban J connectivity index is 1.25. The molecule has 1 aromatic rings. The summed E-state index contributed by atoms with van der Waals surface area (Å²) >= 11 is 0. The van der Waals surface area contributed by atoms with Crippen LogP contribution >= 0.6 is 0 Å². The molecular formula is C21H31N3O5S. The highest BCUT2D eigenvalue weighted by atomic mass is 32.2. The van der Waals surface area contributed by atoms with Gasteiger partial charge in [-0.3, -0.25) is 19.4 Å². The van der Waals surface area contributed by atoms with Crippen LogP contribution in [-0.4, -0.2) is 81.7 Å². The average molecular weight is 438 g/mol. The molecule has 0 bridgehead atoms. The van der Waals surface area contributed by atoms with Crippen LogP contribution in [0.5, 0.6) is 0 Å². The number of benzene rings is 1. The van der Waals surface area contributed by atoms with Gasteiger partial charge in [-0.2, -0.15) is 0 Å². The molecule has 1 fully saturated rings. The van der Waals surface area contributed by atoms with E-state index >= 15 is 0 Å². The van der Waals surface area contributed by atoms with Gasteiger partial charge in [-0.15, -0.1) is 0 Å². The predicted octanol–water partition coefficient (Wildman–Crippen LogP) is 1.48. The standard InChI is InChI=1S/C21H31N3O5S/c25-20-18-8-3-4-9-19(18)21(26)24(20)12-5-1-2-6-17-30(27,28)22-10-7-11-23-13-15-29-16-14-23/h3-4,8-9,22H,1-2,5-7,10-17H2. The van der Waals surface area contributed by atoms with Crippen LogP contribution in [0.2, 0.25) is 0 Å². The molecule has 0 saturated carbocycles. The number of rotatable bonds is 12. The SMILES string of the molecule is O=C1c2ccccc2C(=O)N1CCCCCCS(=O)(=O)NCCCN1CCOCC1. The average Bonchev–Trinajstić information content (AvgIpc) is 2.99. The van der Waals surface area contributed by atoms with Crippen molar-refractivity contribution in [2.24, 2.45) is 0 Å². The lowest BCUT2D eigenvalue weighted by atomic mass is 10.1. The van der Waals surface area contributed by atoms with Gasteiger partial charge in [-0.05, 0) is 37.9 Å². The molecule has 9 heteroatoms. The minimum absolute atomic E-state index is 0.109. The molecule has 2 heterocycles. The quantitative estimate of drug-likeness (QED) is 0.393. The minimum atomic E-state index is -3.25. The van der Waals surface area contributed by atoms with Gasteiger partial charge in [0.1, 0.15) is 0 Å². The number of hydrogen-bond acceptors (Lipinski definition) is 6. The molecule has 0 radical (unpaired) electrons. The van der Waals surface area contributed by atoms with E-state index in [1.807, 2.05) is 0 Å². The third-order valence-electron chi connectivity index (χ3n) is 5.50. The Labute approximate surface area is 178 Å². The lowest BCUT2D eigenvalue weighted by Crippen LogP contribution is -2.38. The highest BCUT2D eigenvalue weighted by Crippen LogP contribution is 2.22. The fourth-order valence-electron chi connectivity index (χ4n) is 3.79. The number of unbranched alkanes of at least 4 members (excludes halogenated alkanes) is 3. The van der Waals surface area contributed by atoms with Gasteiger partial charge in [0.15, 0.2) is 0 Å². The Morgan fingerprint density at radius 1 is 0.867 bits per heavy atom. The van der Waals surface area contributed by atoms with Crippen LogP contribution in [0.3, 0.4) is 0 Å². The largest absolute Gasteiger partial charge is 0.379 e. The van der Waals surface area contributed by atoms with Gasteiger partial charge in [0.2, 0.25) is 10.0 Å². The van der Waals surface area contributed by atoms with E-state index in [1.54, 1.807) is 24.3 Å². The molecule has 2 aliphatic rings. The zero-order valence-electron chi connectivity index (χ0n) is 17.3. The number of imide groups is 1. The van der Waals surface area contributed by atoms with Gasteiger partial charge < -0.3 is 4.74 Å². The molecule has 30 heavy (non-hydrogen) atoms. The van der Waals surface area contributed by atoms with E-state index < -0.39 is 10.0 Å².